The average Bonchev–Trinajstić information content (AvgIpc) is 3.23. The minimum atomic E-state index is -0.593. The van der Waals surface area contributed by atoms with Crippen molar-refractivity contribution in [2.75, 3.05) is 7.11 Å². The monoisotopic (exact) mass is 435 g/mol. The molecule has 1 N–H and O–H groups in total. The minimum absolute atomic E-state index is 0.131. The summed E-state index contributed by atoms with van der Waals surface area (Å²) in [5, 5.41) is 5.14. The number of thioether (sulfide) groups is 1. The summed E-state index contributed by atoms with van der Waals surface area (Å²) in [7, 11) is 1.27. The predicted molar refractivity (Wildman–Crippen MR) is 118 cm³/mol. The van der Waals surface area contributed by atoms with E-state index in [1.54, 1.807) is 6.92 Å². The third-order valence-electron chi connectivity index (χ3n) is 4.71. The van der Waals surface area contributed by atoms with Crippen LogP contribution in [-0.2, 0) is 23.5 Å². The van der Waals surface area contributed by atoms with Crippen molar-refractivity contribution in [1.82, 2.24) is 24.7 Å². The maximum Gasteiger partial charge on any atom is 0.338 e. The number of pyridine rings is 1. The molecule has 0 fully saturated rings. The van der Waals surface area contributed by atoms with Gasteiger partial charge in [0.15, 0.2) is 10.8 Å². The second-order valence-electron chi connectivity index (χ2n) is 6.97. The van der Waals surface area contributed by atoms with Gasteiger partial charge in [0.2, 0.25) is 0 Å². The van der Waals surface area contributed by atoms with Crippen molar-refractivity contribution in [3.05, 3.63) is 81.5 Å². The van der Waals surface area contributed by atoms with E-state index >= 15 is 0 Å². The first kappa shape index (κ1) is 20.8. The molecule has 8 nitrogen and oxygen atoms in total. The number of methoxy groups -OCH3 is 1. The fraction of sp³-hybridized carbons (Fsp3) is 0.227. The zero-order valence-corrected chi connectivity index (χ0v) is 18.0. The van der Waals surface area contributed by atoms with Crippen LogP contribution >= 0.6 is 11.8 Å². The minimum Gasteiger partial charge on any atom is -0.465 e. The molecule has 3 aromatic heterocycles. The predicted octanol–water partition coefficient (Wildman–Crippen LogP) is 3.14. The number of benzene rings is 1. The third kappa shape index (κ3) is 4.83. The van der Waals surface area contributed by atoms with Gasteiger partial charge in [0.1, 0.15) is 0 Å². The lowest BCUT2D eigenvalue weighted by Crippen LogP contribution is -2.16. The second kappa shape index (κ2) is 9.13. The summed E-state index contributed by atoms with van der Waals surface area (Å²) in [4.78, 5) is 36.1. The van der Waals surface area contributed by atoms with Gasteiger partial charge in [-0.05, 0) is 31.0 Å². The Kier molecular flexibility index (Phi) is 6.13. The SMILES string of the molecule is COC(=O)c1cc(C)nc2nc(SCc3ccn(CCc4ccccc4)n3)[nH]c(=O)c12. The molecule has 0 aliphatic carbocycles. The Morgan fingerprint density at radius 2 is 2.00 bits per heavy atom. The van der Waals surface area contributed by atoms with E-state index in [9.17, 15) is 9.59 Å². The number of carbonyl (C=O) groups excluding carboxylic acids is 1. The van der Waals surface area contributed by atoms with Crippen LogP contribution in [0, 0.1) is 6.92 Å². The lowest BCUT2D eigenvalue weighted by molar-refractivity contribution is 0.0602. The van der Waals surface area contributed by atoms with Gasteiger partial charge < -0.3 is 9.72 Å². The highest BCUT2D eigenvalue weighted by molar-refractivity contribution is 7.98. The fourth-order valence-electron chi connectivity index (χ4n) is 3.22. The number of nitrogens with zero attached hydrogens (tertiary/aromatic N) is 4. The molecular weight excluding hydrogens is 414 g/mol. The molecule has 158 valence electrons. The Hall–Kier alpha value is -3.46. The molecular formula is C22H21N5O3S. The van der Waals surface area contributed by atoms with Crippen LogP contribution in [-0.4, -0.2) is 37.8 Å². The first-order valence-corrected chi connectivity index (χ1v) is 10.7. The maximum absolute atomic E-state index is 12.6. The van der Waals surface area contributed by atoms with E-state index in [0.29, 0.717) is 16.6 Å². The van der Waals surface area contributed by atoms with Crippen molar-refractivity contribution in [2.24, 2.45) is 0 Å². The van der Waals surface area contributed by atoms with Gasteiger partial charge in [0, 0.05) is 24.2 Å². The summed E-state index contributed by atoms with van der Waals surface area (Å²) in [5.74, 6) is -0.0492. The number of fused-ring (bicyclic) bond motifs is 1. The largest absolute Gasteiger partial charge is 0.465 e. The van der Waals surface area contributed by atoms with Crippen molar-refractivity contribution < 1.29 is 9.53 Å². The maximum atomic E-state index is 12.6. The number of nitrogens with one attached hydrogen (secondary N) is 1. The van der Waals surface area contributed by atoms with E-state index < -0.39 is 11.5 Å². The first-order chi connectivity index (χ1) is 15.0. The van der Waals surface area contributed by atoms with E-state index in [1.807, 2.05) is 35.1 Å². The van der Waals surface area contributed by atoms with E-state index in [4.69, 9.17) is 4.74 Å². The topological polar surface area (TPSA) is 103 Å². The van der Waals surface area contributed by atoms with Crippen LogP contribution in [0.1, 0.15) is 27.3 Å². The van der Waals surface area contributed by atoms with Crippen molar-refractivity contribution >= 4 is 28.8 Å². The highest BCUT2D eigenvalue weighted by atomic mass is 32.2. The Labute approximate surface area is 182 Å². The molecule has 0 aliphatic heterocycles. The van der Waals surface area contributed by atoms with Gasteiger partial charge >= 0.3 is 5.97 Å². The third-order valence-corrected chi connectivity index (χ3v) is 5.62. The second-order valence-corrected chi connectivity index (χ2v) is 7.93. The van der Waals surface area contributed by atoms with Crippen LogP contribution < -0.4 is 5.56 Å². The Balaban J connectivity index is 1.48. The van der Waals surface area contributed by atoms with Gasteiger partial charge in [-0.3, -0.25) is 9.48 Å². The first-order valence-electron chi connectivity index (χ1n) is 9.72. The molecule has 0 unspecified atom stereocenters. The summed E-state index contributed by atoms with van der Waals surface area (Å²) < 4.78 is 6.69. The number of hydrogen-bond acceptors (Lipinski definition) is 7. The van der Waals surface area contributed by atoms with Crippen molar-refractivity contribution in [3.63, 3.8) is 0 Å². The van der Waals surface area contributed by atoms with E-state index in [2.05, 4.69) is 32.2 Å². The highest BCUT2D eigenvalue weighted by Crippen LogP contribution is 2.20. The quantitative estimate of drug-likeness (QED) is 0.270. The molecule has 3 heterocycles. The highest BCUT2D eigenvalue weighted by Gasteiger charge is 2.17. The molecule has 0 saturated carbocycles. The Bertz CT molecular complexity index is 1280. The van der Waals surface area contributed by atoms with Crippen molar-refractivity contribution in [1.29, 1.82) is 0 Å². The molecule has 0 amide bonds. The lowest BCUT2D eigenvalue weighted by atomic mass is 10.1. The molecule has 0 spiro atoms. The molecule has 0 radical (unpaired) electrons. The number of hydrogen-bond donors (Lipinski definition) is 1. The van der Waals surface area contributed by atoms with Crippen LogP contribution in [0.4, 0.5) is 0 Å². The van der Waals surface area contributed by atoms with E-state index in [0.717, 1.165) is 18.7 Å². The number of aromatic nitrogens is 5. The zero-order chi connectivity index (χ0) is 21.8. The Morgan fingerprint density at radius 3 is 2.77 bits per heavy atom. The molecule has 4 aromatic rings. The van der Waals surface area contributed by atoms with E-state index in [1.165, 1.54) is 30.5 Å². The van der Waals surface area contributed by atoms with Crippen LogP contribution in [0.15, 0.2) is 58.6 Å². The summed E-state index contributed by atoms with van der Waals surface area (Å²) in [6.07, 6.45) is 2.85. The van der Waals surface area contributed by atoms with Crippen LogP contribution in [0.5, 0.6) is 0 Å². The van der Waals surface area contributed by atoms with Gasteiger partial charge in [-0.15, -0.1) is 0 Å². The van der Waals surface area contributed by atoms with Gasteiger partial charge in [0.05, 0.1) is 23.8 Å². The molecule has 1 aromatic carbocycles. The Morgan fingerprint density at radius 1 is 1.19 bits per heavy atom. The molecule has 4 rings (SSSR count). The molecule has 0 atom stereocenters. The van der Waals surface area contributed by atoms with Gasteiger partial charge in [-0.25, -0.2) is 14.8 Å². The zero-order valence-electron chi connectivity index (χ0n) is 17.2. The number of ether oxygens (including phenoxy) is 1. The van der Waals surface area contributed by atoms with Gasteiger partial charge in [-0.1, -0.05) is 42.1 Å². The standard InChI is InChI=1S/C22H21N5O3S/c1-14-12-17(21(29)30-2)18-19(23-14)24-22(25-20(18)28)31-13-16-9-11-27(26-16)10-8-15-6-4-3-5-7-15/h3-7,9,11-12H,8,10,13H2,1-2H3,(H,23,24,25,28). The number of aromatic amines is 1. The summed E-state index contributed by atoms with van der Waals surface area (Å²) in [5.41, 5.74) is 2.69. The summed E-state index contributed by atoms with van der Waals surface area (Å²) in [6, 6.07) is 13.7. The van der Waals surface area contributed by atoms with Gasteiger partial charge in [0.25, 0.3) is 5.56 Å². The summed E-state index contributed by atoms with van der Waals surface area (Å²) >= 11 is 1.36. The average molecular weight is 436 g/mol. The van der Waals surface area contributed by atoms with Crippen LogP contribution in [0.3, 0.4) is 0 Å². The van der Waals surface area contributed by atoms with Gasteiger partial charge in [-0.2, -0.15) is 5.10 Å². The number of H-pyrrole nitrogens is 1. The number of rotatable bonds is 7. The van der Waals surface area contributed by atoms with E-state index in [-0.39, 0.29) is 16.6 Å². The number of aryl methyl sites for hydroxylation is 3. The van der Waals surface area contributed by atoms with Crippen LogP contribution in [0.2, 0.25) is 0 Å². The van der Waals surface area contributed by atoms with Crippen molar-refractivity contribution in [2.45, 2.75) is 30.8 Å². The summed E-state index contributed by atoms with van der Waals surface area (Å²) in [6.45, 7) is 2.53. The molecule has 31 heavy (non-hydrogen) atoms. The fourth-order valence-corrected chi connectivity index (χ4v) is 3.97. The molecule has 0 aliphatic rings. The van der Waals surface area contributed by atoms with Crippen molar-refractivity contribution in [3.8, 4) is 0 Å². The normalized spacial score (nSPS) is 11.0. The number of esters is 1. The molecule has 9 heteroatoms. The molecule has 0 bridgehead atoms. The van der Waals surface area contributed by atoms with Crippen LogP contribution in [0.25, 0.3) is 11.0 Å². The lowest BCUT2D eigenvalue weighted by Gasteiger charge is -2.06. The smallest absolute Gasteiger partial charge is 0.338 e. The number of carbonyl (C=O) groups is 1. The molecule has 0 saturated heterocycles.